The quantitative estimate of drug-likeness (QED) is 0.720. The third kappa shape index (κ3) is 1.93. The van der Waals surface area contributed by atoms with E-state index in [1.54, 1.807) is 0 Å². The van der Waals surface area contributed by atoms with Crippen LogP contribution in [0.5, 0.6) is 11.5 Å². The summed E-state index contributed by atoms with van der Waals surface area (Å²) in [6, 6.07) is 4.04. The number of phenols is 2. The van der Waals surface area contributed by atoms with E-state index in [0.29, 0.717) is 17.4 Å². The number of hydrogen-bond acceptors (Lipinski definition) is 4. The number of carbonyl (C=O) groups is 1. The van der Waals surface area contributed by atoms with Gasteiger partial charge in [0.15, 0.2) is 0 Å². The van der Waals surface area contributed by atoms with Gasteiger partial charge in [0, 0.05) is 36.8 Å². The van der Waals surface area contributed by atoms with Crippen LogP contribution < -0.4 is 5.32 Å². The number of likely N-dealkylation sites (tertiary alicyclic amines) is 1. The van der Waals surface area contributed by atoms with Crippen LogP contribution in [0, 0.1) is 11.8 Å². The number of nitrogens with zero attached hydrogens (tertiary/aromatic N) is 1. The number of phenolic OH excluding ortho intramolecular Hbond substituents is 2. The van der Waals surface area contributed by atoms with Crippen molar-refractivity contribution in [3.63, 3.8) is 0 Å². The third-order valence-electron chi connectivity index (χ3n) is 4.75. The number of nitrogens with one attached hydrogen (secondary N) is 1. The van der Waals surface area contributed by atoms with Gasteiger partial charge in [0.05, 0.1) is 0 Å². The molecule has 3 rings (SSSR count). The molecule has 0 aliphatic carbocycles. The Labute approximate surface area is 118 Å². The van der Waals surface area contributed by atoms with Crippen LogP contribution in [0.15, 0.2) is 18.2 Å². The lowest BCUT2D eigenvalue weighted by molar-refractivity contribution is 0.0602. The van der Waals surface area contributed by atoms with Crippen LogP contribution in [-0.2, 0) is 0 Å². The van der Waals surface area contributed by atoms with E-state index in [1.807, 2.05) is 4.90 Å². The number of fused-ring (bicyclic) bond motifs is 1. The van der Waals surface area contributed by atoms with Gasteiger partial charge in [0.2, 0.25) is 0 Å². The highest BCUT2D eigenvalue weighted by atomic mass is 16.3. The molecule has 0 bridgehead atoms. The van der Waals surface area contributed by atoms with Gasteiger partial charge in [-0.2, -0.15) is 0 Å². The second kappa shape index (κ2) is 4.38. The fraction of sp³-hybridized carbons (Fsp3) is 0.533. The topological polar surface area (TPSA) is 72.8 Å². The smallest absolute Gasteiger partial charge is 0.254 e. The Hall–Kier alpha value is -1.75. The molecular formula is C15H20N2O3. The average molecular weight is 276 g/mol. The molecule has 108 valence electrons. The summed E-state index contributed by atoms with van der Waals surface area (Å²) in [4.78, 5) is 14.6. The number of hydrogen-bond donors (Lipinski definition) is 3. The zero-order valence-corrected chi connectivity index (χ0v) is 11.8. The number of rotatable bonds is 1. The van der Waals surface area contributed by atoms with Gasteiger partial charge < -0.3 is 20.4 Å². The molecule has 5 heteroatoms. The monoisotopic (exact) mass is 276 g/mol. The minimum absolute atomic E-state index is 0.0905. The minimum atomic E-state index is -0.216. The maximum Gasteiger partial charge on any atom is 0.254 e. The highest BCUT2D eigenvalue weighted by Gasteiger charge is 2.51. The SMILES string of the molecule is CC1(C)C2CNCC2CN1C(=O)c1cc(O)cc(O)c1. The molecule has 0 aromatic heterocycles. The van der Waals surface area contributed by atoms with Gasteiger partial charge in [-0.25, -0.2) is 0 Å². The number of amides is 1. The summed E-state index contributed by atoms with van der Waals surface area (Å²) < 4.78 is 0. The second-order valence-electron chi connectivity index (χ2n) is 6.33. The van der Waals surface area contributed by atoms with E-state index >= 15 is 0 Å². The van der Waals surface area contributed by atoms with Crippen molar-refractivity contribution in [2.24, 2.45) is 11.8 Å². The first-order valence-electron chi connectivity index (χ1n) is 6.95. The molecule has 2 aliphatic heterocycles. The van der Waals surface area contributed by atoms with Crippen molar-refractivity contribution in [2.45, 2.75) is 19.4 Å². The van der Waals surface area contributed by atoms with Gasteiger partial charge in [0.1, 0.15) is 11.5 Å². The van der Waals surface area contributed by atoms with E-state index in [1.165, 1.54) is 18.2 Å². The summed E-state index contributed by atoms with van der Waals surface area (Å²) in [7, 11) is 0. The van der Waals surface area contributed by atoms with Crippen molar-refractivity contribution in [1.82, 2.24) is 10.2 Å². The molecule has 5 nitrogen and oxygen atoms in total. The van der Waals surface area contributed by atoms with Crippen molar-refractivity contribution < 1.29 is 15.0 Å². The lowest BCUT2D eigenvalue weighted by Gasteiger charge is -2.35. The molecule has 1 aromatic carbocycles. The van der Waals surface area contributed by atoms with Gasteiger partial charge >= 0.3 is 0 Å². The Bertz CT molecular complexity index is 536. The largest absolute Gasteiger partial charge is 0.508 e. The van der Waals surface area contributed by atoms with Gasteiger partial charge in [-0.05, 0) is 37.8 Å². The molecule has 2 atom stereocenters. The molecule has 2 aliphatic rings. The Morgan fingerprint density at radius 3 is 2.50 bits per heavy atom. The Kier molecular flexibility index (Phi) is 2.90. The van der Waals surface area contributed by atoms with E-state index in [9.17, 15) is 15.0 Å². The van der Waals surface area contributed by atoms with E-state index in [0.717, 1.165) is 19.6 Å². The number of aromatic hydroxyl groups is 2. The zero-order chi connectivity index (χ0) is 14.5. The molecule has 2 saturated heterocycles. The van der Waals surface area contributed by atoms with Crippen molar-refractivity contribution in [3.05, 3.63) is 23.8 Å². The van der Waals surface area contributed by atoms with Gasteiger partial charge in [-0.15, -0.1) is 0 Å². The highest BCUT2D eigenvalue weighted by Crippen LogP contribution is 2.41. The first-order valence-corrected chi connectivity index (χ1v) is 6.95. The molecule has 0 saturated carbocycles. The zero-order valence-electron chi connectivity index (χ0n) is 11.8. The normalized spacial score (nSPS) is 27.6. The summed E-state index contributed by atoms with van der Waals surface area (Å²) in [5, 5.41) is 22.5. The van der Waals surface area contributed by atoms with Crippen molar-refractivity contribution in [1.29, 1.82) is 0 Å². The van der Waals surface area contributed by atoms with E-state index in [4.69, 9.17) is 0 Å². The van der Waals surface area contributed by atoms with Crippen LogP contribution in [0.25, 0.3) is 0 Å². The predicted octanol–water partition coefficient (Wildman–Crippen LogP) is 1.17. The molecule has 0 radical (unpaired) electrons. The van der Waals surface area contributed by atoms with Crippen LogP contribution in [0.1, 0.15) is 24.2 Å². The fourth-order valence-corrected chi connectivity index (χ4v) is 3.64. The summed E-state index contributed by atoms with van der Waals surface area (Å²) in [6.45, 7) is 6.78. The van der Waals surface area contributed by atoms with Crippen LogP contribution in [0.2, 0.25) is 0 Å². The van der Waals surface area contributed by atoms with Gasteiger partial charge in [-0.1, -0.05) is 0 Å². The summed E-state index contributed by atoms with van der Waals surface area (Å²) >= 11 is 0. The maximum absolute atomic E-state index is 12.7. The first kappa shape index (κ1) is 13.2. The number of benzene rings is 1. The molecule has 2 heterocycles. The summed E-state index contributed by atoms with van der Waals surface area (Å²) in [5.74, 6) is 0.632. The minimum Gasteiger partial charge on any atom is -0.508 e. The van der Waals surface area contributed by atoms with E-state index < -0.39 is 0 Å². The Morgan fingerprint density at radius 1 is 1.25 bits per heavy atom. The average Bonchev–Trinajstić information content (AvgIpc) is 2.90. The van der Waals surface area contributed by atoms with Gasteiger partial charge in [0.25, 0.3) is 5.91 Å². The summed E-state index contributed by atoms with van der Waals surface area (Å²) in [6.07, 6.45) is 0. The lowest BCUT2D eigenvalue weighted by Crippen LogP contribution is -2.47. The molecule has 1 aromatic rings. The Balaban J connectivity index is 1.91. The van der Waals surface area contributed by atoms with Crippen LogP contribution in [0.4, 0.5) is 0 Å². The van der Waals surface area contributed by atoms with Crippen molar-refractivity contribution in [3.8, 4) is 11.5 Å². The van der Waals surface area contributed by atoms with Crippen molar-refractivity contribution in [2.75, 3.05) is 19.6 Å². The highest BCUT2D eigenvalue weighted by molar-refractivity contribution is 5.95. The molecule has 1 amide bonds. The van der Waals surface area contributed by atoms with E-state index in [-0.39, 0.29) is 22.9 Å². The standard InChI is InChI=1S/C15H20N2O3/c1-15(2)13-7-16-6-10(13)8-17(15)14(20)9-3-11(18)5-12(19)4-9/h3-5,10,13,16,18-19H,6-8H2,1-2H3. The van der Waals surface area contributed by atoms with Crippen molar-refractivity contribution >= 4 is 5.91 Å². The second-order valence-corrected chi connectivity index (χ2v) is 6.33. The summed E-state index contributed by atoms with van der Waals surface area (Å²) in [5.41, 5.74) is 0.121. The maximum atomic E-state index is 12.7. The molecule has 0 spiro atoms. The first-order chi connectivity index (χ1) is 9.39. The van der Waals surface area contributed by atoms with E-state index in [2.05, 4.69) is 19.2 Å². The van der Waals surface area contributed by atoms with Gasteiger partial charge in [-0.3, -0.25) is 4.79 Å². The van der Waals surface area contributed by atoms with Crippen LogP contribution >= 0.6 is 0 Å². The van der Waals surface area contributed by atoms with Crippen LogP contribution in [0.3, 0.4) is 0 Å². The van der Waals surface area contributed by atoms with Crippen LogP contribution in [-0.4, -0.2) is 46.2 Å². The molecule has 3 N–H and O–H groups in total. The third-order valence-corrected chi connectivity index (χ3v) is 4.75. The molecular weight excluding hydrogens is 256 g/mol. The Morgan fingerprint density at radius 2 is 1.90 bits per heavy atom. The predicted molar refractivity (Wildman–Crippen MR) is 74.7 cm³/mol. The fourth-order valence-electron chi connectivity index (χ4n) is 3.64. The lowest BCUT2D eigenvalue weighted by atomic mass is 9.84. The molecule has 20 heavy (non-hydrogen) atoms. The molecule has 2 unspecified atom stereocenters. The number of carbonyl (C=O) groups excluding carboxylic acids is 1. The molecule has 2 fully saturated rings.